The molecule has 0 aliphatic carbocycles. The zero-order chi connectivity index (χ0) is 10.6. The third-order valence-electron chi connectivity index (χ3n) is 1.80. The van der Waals surface area contributed by atoms with E-state index in [9.17, 15) is 5.11 Å². The van der Waals surface area contributed by atoms with Gasteiger partial charge in [-0.15, -0.1) is 0 Å². The molecule has 1 atom stereocenters. The summed E-state index contributed by atoms with van der Waals surface area (Å²) in [6.45, 7) is 2.28. The van der Waals surface area contributed by atoms with Crippen molar-refractivity contribution >= 4 is 15.9 Å². The summed E-state index contributed by atoms with van der Waals surface area (Å²) < 4.78 is 11.0. The molecule has 1 N–H and O–H groups in total. The van der Waals surface area contributed by atoms with Crippen LogP contribution in [-0.2, 0) is 4.74 Å². The van der Waals surface area contributed by atoms with Crippen molar-refractivity contribution < 1.29 is 14.6 Å². The van der Waals surface area contributed by atoms with E-state index in [4.69, 9.17) is 9.47 Å². The quantitative estimate of drug-likeness (QED) is 0.846. The maximum Gasteiger partial charge on any atom is 0.185 e. The fourth-order valence-corrected chi connectivity index (χ4v) is 1.72. The molecule has 0 heterocycles. The van der Waals surface area contributed by atoms with E-state index in [-0.39, 0.29) is 0 Å². The molecule has 1 rings (SSSR count). The maximum atomic E-state index is 9.68. The summed E-state index contributed by atoms with van der Waals surface area (Å²) >= 11 is 3.34. The molecule has 78 valence electrons. The first kappa shape index (κ1) is 11.5. The van der Waals surface area contributed by atoms with Crippen molar-refractivity contribution in [1.29, 1.82) is 0 Å². The standard InChI is InChI=1S/C10H13BrO3/c1-3-14-10(12)9-7(11)5-4-6-8(9)13-2/h4-6,10,12H,3H2,1-2H3. The Labute approximate surface area is 91.8 Å². The number of aliphatic hydroxyl groups is 1. The fraction of sp³-hybridized carbons (Fsp3) is 0.400. The van der Waals surface area contributed by atoms with Crippen molar-refractivity contribution in [2.45, 2.75) is 13.2 Å². The van der Waals surface area contributed by atoms with Gasteiger partial charge in [-0.05, 0) is 19.1 Å². The summed E-state index contributed by atoms with van der Waals surface area (Å²) in [5, 5.41) is 9.68. The lowest BCUT2D eigenvalue weighted by Crippen LogP contribution is -2.05. The summed E-state index contributed by atoms with van der Waals surface area (Å²) in [6, 6.07) is 5.45. The van der Waals surface area contributed by atoms with Crippen molar-refractivity contribution in [1.82, 2.24) is 0 Å². The van der Waals surface area contributed by atoms with Crippen LogP contribution in [0, 0.1) is 0 Å². The van der Waals surface area contributed by atoms with E-state index in [1.807, 2.05) is 19.1 Å². The number of ether oxygens (including phenoxy) is 2. The Morgan fingerprint density at radius 2 is 2.21 bits per heavy atom. The minimum absolute atomic E-state index is 0.450. The molecule has 1 unspecified atom stereocenters. The molecule has 4 heteroatoms. The van der Waals surface area contributed by atoms with Crippen LogP contribution in [0.15, 0.2) is 22.7 Å². The van der Waals surface area contributed by atoms with Gasteiger partial charge in [-0.1, -0.05) is 22.0 Å². The highest BCUT2D eigenvalue weighted by Crippen LogP contribution is 2.32. The van der Waals surface area contributed by atoms with Crippen molar-refractivity contribution in [3.8, 4) is 5.75 Å². The molecular weight excluding hydrogens is 248 g/mol. The number of hydrogen-bond acceptors (Lipinski definition) is 3. The molecular formula is C10H13BrO3. The van der Waals surface area contributed by atoms with E-state index in [2.05, 4.69) is 15.9 Å². The van der Waals surface area contributed by atoms with Crippen LogP contribution in [-0.4, -0.2) is 18.8 Å². The van der Waals surface area contributed by atoms with Gasteiger partial charge in [0.25, 0.3) is 0 Å². The molecule has 0 spiro atoms. The average molecular weight is 261 g/mol. The van der Waals surface area contributed by atoms with Gasteiger partial charge in [-0.25, -0.2) is 0 Å². The molecule has 0 fully saturated rings. The van der Waals surface area contributed by atoms with Gasteiger partial charge in [0.05, 0.1) is 12.7 Å². The van der Waals surface area contributed by atoms with E-state index < -0.39 is 6.29 Å². The lowest BCUT2D eigenvalue weighted by atomic mass is 10.2. The topological polar surface area (TPSA) is 38.7 Å². The predicted octanol–water partition coefficient (Wildman–Crippen LogP) is 2.49. The normalized spacial score (nSPS) is 12.6. The van der Waals surface area contributed by atoms with E-state index in [0.29, 0.717) is 17.9 Å². The van der Waals surface area contributed by atoms with Gasteiger partial charge >= 0.3 is 0 Å². The average Bonchev–Trinajstić information content (AvgIpc) is 2.17. The first-order chi connectivity index (χ1) is 6.70. The minimum Gasteiger partial charge on any atom is -0.496 e. The first-order valence-electron chi connectivity index (χ1n) is 4.32. The van der Waals surface area contributed by atoms with Crippen LogP contribution in [0.4, 0.5) is 0 Å². The van der Waals surface area contributed by atoms with Crippen LogP contribution >= 0.6 is 15.9 Å². The van der Waals surface area contributed by atoms with Gasteiger partial charge < -0.3 is 14.6 Å². The third kappa shape index (κ3) is 2.47. The third-order valence-corrected chi connectivity index (χ3v) is 2.50. The fourth-order valence-electron chi connectivity index (χ4n) is 1.18. The highest BCUT2D eigenvalue weighted by atomic mass is 79.9. The van der Waals surface area contributed by atoms with Crippen molar-refractivity contribution in [2.24, 2.45) is 0 Å². The van der Waals surface area contributed by atoms with E-state index in [0.717, 1.165) is 4.47 Å². The van der Waals surface area contributed by atoms with E-state index in [1.54, 1.807) is 13.2 Å². The lowest BCUT2D eigenvalue weighted by Gasteiger charge is -2.15. The molecule has 3 nitrogen and oxygen atoms in total. The van der Waals surface area contributed by atoms with E-state index >= 15 is 0 Å². The van der Waals surface area contributed by atoms with E-state index in [1.165, 1.54) is 0 Å². The second-order valence-corrected chi connectivity index (χ2v) is 3.52. The molecule has 14 heavy (non-hydrogen) atoms. The first-order valence-corrected chi connectivity index (χ1v) is 5.12. The zero-order valence-electron chi connectivity index (χ0n) is 8.16. The van der Waals surface area contributed by atoms with Gasteiger partial charge in [0.15, 0.2) is 6.29 Å². The van der Waals surface area contributed by atoms with Gasteiger partial charge in [0, 0.05) is 11.1 Å². The van der Waals surface area contributed by atoms with Crippen LogP contribution in [0.25, 0.3) is 0 Å². The second kappa shape index (κ2) is 5.34. The van der Waals surface area contributed by atoms with Crippen LogP contribution in [0.1, 0.15) is 18.8 Å². The lowest BCUT2D eigenvalue weighted by molar-refractivity contribution is -0.0994. The largest absolute Gasteiger partial charge is 0.496 e. The number of rotatable bonds is 4. The van der Waals surface area contributed by atoms with Crippen LogP contribution in [0.2, 0.25) is 0 Å². The second-order valence-electron chi connectivity index (χ2n) is 2.66. The highest BCUT2D eigenvalue weighted by Gasteiger charge is 2.16. The van der Waals surface area contributed by atoms with Gasteiger partial charge in [0.2, 0.25) is 0 Å². The molecule has 0 aliphatic heterocycles. The molecule has 0 aromatic heterocycles. The summed E-state index contributed by atoms with van der Waals surface area (Å²) in [7, 11) is 1.56. The number of benzene rings is 1. The monoisotopic (exact) mass is 260 g/mol. The van der Waals surface area contributed by atoms with Gasteiger partial charge in [-0.2, -0.15) is 0 Å². The van der Waals surface area contributed by atoms with Gasteiger partial charge in [0.1, 0.15) is 5.75 Å². The zero-order valence-corrected chi connectivity index (χ0v) is 9.74. The van der Waals surface area contributed by atoms with Crippen molar-refractivity contribution in [3.63, 3.8) is 0 Å². The Bertz CT molecular complexity index is 301. The smallest absolute Gasteiger partial charge is 0.185 e. The molecule has 0 amide bonds. The molecule has 0 aliphatic rings. The van der Waals surface area contributed by atoms with Crippen LogP contribution in [0.3, 0.4) is 0 Å². The maximum absolute atomic E-state index is 9.68. The minimum atomic E-state index is -0.953. The molecule has 0 saturated carbocycles. The van der Waals surface area contributed by atoms with Crippen LogP contribution in [0.5, 0.6) is 5.75 Å². The molecule has 0 bridgehead atoms. The summed E-state index contributed by atoms with van der Waals surface area (Å²) in [4.78, 5) is 0. The molecule has 0 radical (unpaired) electrons. The van der Waals surface area contributed by atoms with Crippen molar-refractivity contribution in [3.05, 3.63) is 28.2 Å². The van der Waals surface area contributed by atoms with Gasteiger partial charge in [-0.3, -0.25) is 0 Å². The SMILES string of the molecule is CCOC(O)c1c(Br)cccc1OC. The summed E-state index contributed by atoms with van der Waals surface area (Å²) in [6.07, 6.45) is -0.953. The number of methoxy groups -OCH3 is 1. The molecule has 0 saturated heterocycles. The Morgan fingerprint density at radius 1 is 1.50 bits per heavy atom. The number of aliphatic hydroxyl groups excluding tert-OH is 1. The highest BCUT2D eigenvalue weighted by molar-refractivity contribution is 9.10. The number of halogens is 1. The molecule has 1 aromatic rings. The Kier molecular flexibility index (Phi) is 4.38. The summed E-state index contributed by atoms with van der Waals surface area (Å²) in [5.41, 5.74) is 0.622. The predicted molar refractivity (Wildman–Crippen MR) is 57.3 cm³/mol. The Hall–Kier alpha value is -0.580. The van der Waals surface area contributed by atoms with Crippen molar-refractivity contribution in [2.75, 3.05) is 13.7 Å². The molecule has 1 aromatic carbocycles. The summed E-state index contributed by atoms with van der Waals surface area (Å²) in [5.74, 6) is 0.611. The number of hydrogen-bond donors (Lipinski definition) is 1. The Balaban J connectivity index is 3.03. The van der Waals surface area contributed by atoms with Crippen LogP contribution < -0.4 is 4.74 Å². The Morgan fingerprint density at radius 3 is 2.79 bits per heavy atom.